The van der Waals surface area contributed by atoms with Crippen molar-refractivity contribution < 1.29 is 0 Å². The predicted molar refractivity (Wildman–Crippen MR) is 79.0 cm³/mol. The summed E-state index contributed by atoms with van der Waals surface area (Å²) in [6.07, 6.45) is 5.77. The Hall–Kier alpha value is -1.17. The molecule has 1 aliphatic rings. The number of aromatic nitrogens is 4. The smallest absolute Gasteiger partial charge is 0.155 e. The number of piperidine rings is 1. The van der Waals surface area contributed by atoms with E-state index in [-0.39, 0.29) is 24.8 Å². The molecule has 0 amide bonds. The van der Waals surface area contributed by atoms with Crippen molar-refractivity contribution in [2.45, 2.75) is 18.8 Å². The highest BCUT2D eigenvalue weighted by Gasteiger charge is 2.19. The number of aromatic amines is 1. The van der Waals surface area contributed by atoms with Crippen LogP contribution in [-0.4, -0.2) is 33.3 Å². The summed E-state index contributed by atoms with van der Waals surface area (Å²) in [5.41, 5.74) is 1.03. The fourth-order valence-electron chi connectivity index (χ4n) is 2.18. The number of rotatable bonds is 2. The molecule has 0 saturated carbocycles. The van der Waals surface area contributed by atoms with Crippen molar-refractivity contribution in [2.24, 2.45) is 0 Å². The van der Waals surface area contributed by atoms with Crippen LogP contribution in [0.15, 0.2) is 24.5 Å². The minimum atomic E-state index is 0. The summed E-state index contributed by atoms with van der Waals surface area (Å²) in [7, 11) is 0. The van der Waals surface area contributed by atoms with Crippen LogP contribution >= 0.6 is 24.8 Å². The van der Waals surface area contributed by atoms with Gasteiger partial charge in [0.15, 0.2) is 11.6 Å². The zero-order valence-electron chi connectivity index (χ0n) is 10.4. The molecule has 7 heteroatoms. The normalized spacial score (nSPS) is 15.4. The van der Waals surface area contributed by atoms with E-state index in [9.17, 15) is 0 Å². The minimum absolute atomic E-state index is 0. The van der Waals surface area contributed by atoms with Gasteiger partial charge in [-0.2, -0.15) is 5.10 Å². The quantitative estimate of drug-likeness (QED) is 0.892. The number of hydrogen-bond donors (Lipinski definition) is 2. The van der Waals surface area contributed by atoms with E-state index in [2.05, 4.69) is 25.5 Å². The predicted octanol–water partition coefficient (Wildman–Crippen LogP) is 2.18. The molecule has 19 heavy (non-hydrogen) atoms. The van der Waals surface area contributed by atoms with Crippen LogP contribution in [0.3, 0.4) is 0 Å². The second-order valence-electron chi connectivity index (χ2n) is 4.30. The van der Waals surface area contributed by atoms with Gasteiger partial charge in [0.1, 0.15) is 0 Å². The summed E-state index contributed by atoms with van der Waals surface area (Å²) in [4.78, 5) is 8.58. The van der Waals surface area contributed by atoms with Crippen molar-refractivity contribution in [2.75, 3.05) is 13.1 Å². The average Bonchev–Trinajstić information content (AvgIpc) is 2.90. The van der Waals surface area contributed by atoms with Crippen molar-refractivity contribution in [3.8, 4) is 11.4 Å². The van der Waals surface area contributed by atoms with Crippen LogP contribution < -0.4 is 5.32 Å². The van der Waals surface area contributed by atoms with Crippen LogP contribution in [0, 0.1) is 0 Å². The van der Waals surface area contributed by atoms with Crippen molar-refractivity contribution in [1.82, 2.24) is 25.5 Å². The number of nitrogens with one attached hydrogen (secondary N) is 2. The second kappa shape index (κ2) is 7.43. The van der Waals surface area contributed by atoms with Gasteiger partial charge in [0.05, 0.1) is 0 Å². The van der Waals surface area contributed by atoms with Crippen LogP contribution in [0.2, 0.25) is 0 Å². The molecule has 3 rings (SSSR count). The lowest BCUT2D eigenvalue weighted by atomic mass is 9.98. The molecule has 2 aromatic heterocycles. The Balaban J connectivity index is 0.000000902. The van der Waals surface area contributed by atoms with E-state index in [0.29, 0.717) is 5.92 Å². The number of H-pyrrole nitrogens is 1. The molecule has 2 N–H and O–H groups in total. The van der Waals surface area contributed by atoms with Crippen molar-refractivity contribution >= 4 is 24.8 Å². The highest BCUT2D eigenvalue weighted by atomic mass is 35.5. The molecular formula is C12H17Cl2N5. The molecule has 0 bridgehead atoms. The monoisotopic (exact) mass is 301 g/mol. The maximum absolute atomic E-state index is 4.58. The fourth-order valence-corrected chi connectivity index (χ4v) is 2.18. The standard InChI is InChI=1S/C12H15N5.2ClH/c1-5-13-6-2-9(1)11-15-12(17-16-11)10-3-7-14-8-4-10;;/h1-2,5-6,10,14H,3-4,7-8H2,(H,15,16,17);2*1H. The first-order valence-electron chi connectivity index (χ1n) is 5.97. The molecule has 0 aromatic carbocycles. The number of nitrogens with zero attached hydrogens (tertiary/aromatic N) is 3. The van der Waals surface area contributed by atoms with Gasteiger partial charge in [-0.15, -0.1) is 24.8 Å². The topological polar surface area (TPSA) is 66.5 Å². The number of halogens is 2. The first kappa shape index (κ1) is 15.9. The van der Waals surface area contributed by atoms with Crippen LogP contribution in [0.1, 0.15) is 24.6 Å². The molecule has 0 aliphatic carbocycles. The van der Waals surface area contributed by atoms with Gasteiger partial charge in [0.25, 0.3) is 0 Å². The molecule has 3 heterocycles. The number of pyridine rings is 1. The van der Waals surface area contributed by atoms with Gasteiger partial charge in [-0.25, -0.2) is 4.98 Å². The summed E-state index contributed by atoms with van der Waals surface area (Å²) >= 11 is 0. The molecule has 0 unspecified atom stereocenters. The van der Waals surface area contributed by atoms with Crippen LogP contribution in [0.4, 0.5) is 0 Å². The Labute approximate surface area is 124 Å². The Morgan fingerprint density at radius 3 is 2.42 bits per heavy atom. The van der Waals surface area contributed by atoms with E-state index >= 15 is 0 Å². The zero-order valence-corrected chi connectivity index (χ0v) is 12.0. The largest absolute Gasteiger partial charge is 0.317 e. The first-order chi connectivity index (χ1) is 8.43. The zero-order chi connectivity index (χ0) is 11.5. The minimum Gasteiger partial charge on any atom is -0.317 e. The molecule has 104 valence electrons. The SMILES string of the molecule is Cl.Cl.c1cc(-c2nc(C3CCNCC3)n[nH]2)ccn1. The maximum Gasteiger partial charge on any atom is 0.155 e. The van der Waals surface area contributed by atoms with Gasteiger partial charge in [-0.3, -0.25) is 10.1 Å². The third-order valence-electron chi connectivity index (χ3n) is 3.16. The van der Waals surface area contributed by atoms with Crippen molar-refractivity contribution in [3.63, 3.8) is 0 Å². The molecular weight excluding hydrogens is 285 g/mol. The average molecular weight is 302 g/mol. The van der Waals surface area contributed by atoms with Gasteiger partial charge in [0, 0.05) is 23.9 Å². The van der Waals surface area contributed by atoms with E-state index in [1.807, 2.05) is 12.1 Å². The summed E-state index contributed by atoms with van der Waals surface area (Å²) in [6, 6.07) is 3.87. The molecule has 1 saturated heterocycles. The Kier molecular flexibility index (Phi) is 6.21. The molecule has 0 radical (unpaired) electrons. The summed E-state index contributed by atoms with van der Waals surface area (Å²) in [6.45, 7) is 2.12. The Morgan fingerprint density at radius 1 is 1.05 bits per heavy atom. The summed E-state index contributed by atoms with van der Waals surface area (Å²) in [5, 5.41) is 10.7. The van der Waals surface area contributed by atoms with Gasteiger partial charge in [-0.1, -0.05) is 0 Å². The lowest BCUT2D eigenvalue weighted by Gasteiger charge is -2.19. The third kappa shape index (κ3) is 3.65. The van der Waals surface area contributed by atoms with E-state index < -0.39 is 0 Å². The fraction of sp³-hybridized carbons (Fsp3) is 0.417. The second-order valence-corrected chi connectivity index (χ2v) is 4.30. The van der Waals surface area contributed by atoms with Crippen LogP contribution in [0.25, 0.3) is 11.4 Å². The van der Waals surface area contributed by atoms with E-state index in [0.717, 1.165) is 43.1 Å². The molecule has 0 atom stereocenters. The first-order valence-corrected chi connectivity index (χ1v) is 5.97. The molecule has 0 spiro atoms. The summed E-state index contributed by atoms with van der Waals surface area (Å²) in [5.74, 6) is 2.27. The highest BCUT2D eigenvalue weighted by molar-refractivity contribution is 5.85. The van der Waals surface area contributed by atoms with Gasteiger partial charge < -0.3 is 5.32 Å². The van der Waals surface area contributed by atoms with E-state index in [4.69, 9.17) is 0 Å². The van der Waals surface area contributed by atoms with E-state index in [1.54, 1.807) is 12.4 Å². The van der Waals surface area contributed by atoms with Gasteiger partial charge in [0.2, 0.25) is 0 Å². The van der Waals surface area contributed by atoms with Crippen molar-refractivity contribution in [1.29, 1.82) is 0 Å². The van der Waals surface area contributed by atoms with Crippen LogP contribution in [0.5, 0.6) is 0 Å². The lowest BCUT2D eigenvalue weighted by Crippen LogP contribution is -2.27. The highest BCUT2D eigenvalue weighted by Crippen LogP contribution is 2.23. The lowest BCUT2D eigenvalue weighted by molar-refractivity contribution is 0.446. The number of hydrogen-bond acceptors (Lipinski definition) is 4. The van der Waals surface area contributed by atoms with Crippen LogP contribution in [-0.2, 0) is 0 Å². The summed E-state index contributed by atoms with van der Waals surface area (Å²) < 4.78 is 0. The van der Waals surface area contributed by atoms with Gasteiger partial charge >= 0.3 is 0 Å². The molecule has 2 aromatic rings. The molecule has 1 fully saturated rings. The van der Waals surface area contributed by atoms with Gasteiger partial charge in [-0.05, 0) is 38.1 Å². The molecule has 1 aliphatic heterocycles. The van der Waals surface area contributed by atoms with E-state index in [1.165, 1.54) is 0 Å². The maximum atomic E-state index is 4.58. The Bertz CT molecular complexity index is 482. The molecule has 5 nitrogen and oxygen atoms in total. The Morgan fingerprint density at radius 2 is 1.74 bits per heavy atom. The third-order valence-corrected chi connectivity index (χ3v) is 3.16. The van der Waals surface area contributed by atoms with Crippen molar-refractivity contribution in [3.05, 3.63) is 30.4 Å².